The van der Waals surface area contributed by atoms with Gasteiger partial charge in [0.1, 0.15) is 5.75 Å². The van der Waals surface area contributed by atoms with E-state index in [1.54, 1.807) is 0 Å². The average molecular weight is 249 g/mol. The van der Waals surface area contributed by atoms with E-state index >= 15 is 0 Å². The molecule has 0 bridgehead atoms. The van der Waals surface area contributed by atoms with Gasteiger partial charge in [0, 0.05) is 11.6 Å². The van der Waals surface area contributed by atoms with Gasteiger partial charge in [-0.05, 0) is 51.5 Å². The Morgan fingerprint density at radius 1 is 1.22 bits per heavy atom. The summed E-state index contributed by atoms with van der Waals surface area (Å²) in [5.74, 6) is 0.926. The molecule has 1 rings (SSSR count). The molecule has 0 amide bonds. The molecule has 18 heavy (non-hydrogen) atoms. The highest BCUT2D eigenvalue weighted by Crippen LogP contribution is 2.13. The molecule has 0 saturated heterocycles. The van der Waals surface area contributed by atoms with Gasteiger partial charge in [-0.15, -0.1) is 0 Å². The second-order valence-corrected chi connectivity index (χ2v) is 4.52. The molecule has 0 spiro atoms. The molecule has 3 nitrogen and oxygen atoms in total. The van der Waals surface area contributed by atoms with Gasteiger partial charge in [-0.2, -0.15) is 0 Å². The lowest BCUT2D eigenvalue weighted by Gasteiger charge is -2.17. The van der Waals surface area contributed by atoms with E-state index in [1.807, 2.05) is 38.1 Å². The van der Waals surface area contributed by atoms with Gasteiger partial charge in [0.2, 0.25) is 0 Å². The molecule has 0 saturated carbocycles. The molecule has 0 radical (unpaired) electrons. The second-order valence-electron chi connectivity index (χ2n) is 4.52. The molecule has 1 N–H and O–H groups in total. The van der Waals surface area contributed by atoms with Crippen molar-refractivity contribution in [3.8, 4) is 5.75 Å². The predicted molar refractivity (Wildman–Crippen MR) is 74.3 cm³/mol. The molecule has 0 aliphatic heterocycles. The molecule has 2 unspecified atom stereocenters. The first-order valence-corrected chi connectivity index (χ1v) is 6.61. The normalized spacial score (nSPS) is 14.0. The van der Waals surface area contributed by atoms with Crippen molar-refractivity contribution in [3.05, 3.63) is 29.8 Å². The minimum absolute atomic E-state index is 0.123. The van der Waals surface area contributed by atoms with Crippen LogP contribution in [-0.4, -0.2) is 24.5 Å². The highest BCUT2D eigenvalue weighted by molar-refractivity contribution is 5.99. The summed E-state index contributed by atoms with van der Waals surface area (Å²) in [5.41, 5.74) is 0.724. The molecular formula is C15H23NO2. The third kappa shape index (κ3) is 4.15. The third-order valence-corrected chi connectivity index (χ3v) is 2.99. The molecule has 100 valence electrons. The lowest BCUT2D eigenvalue weighted by Crippen LogP contribution is -2.39. The zero-order valence-electron chi connectivity index (χ0n) is 11.7. The van der Waals surface area contributed by atoms with Crippen LogP contribution in [0.2, 0.25) is 0 Å². The number of Topliss-reactive ketones (excluding diaryl/α,β-unsaturated/α-hetero) is 1. The topological polar surface area (TPSA) is 38.3 Å². The van der Waals surface area contributed by atoms with Gasteiger partial charge >= 0.3 is 0 Å². The lowest BCUT2D eigenvalue weighted by atomic mass is 10.0. The Morgan fingerprint density at radius 2 is 1.83 bits per heavy atom. The number of ketones is 1. The molecule has 0 aliphatic rings. The number of nitrogens with one attached hydrogen (secondary N) is 1. The Kier molecular flexibility index (Phi) is 5.86. The molecular weight excluding hydrogens is 226 g/mol. The maximum Gasteiger partial charge on any atom is 0.179 e. The fraction of sp³-hybridized carbons (Fsp3) is 0.533. The van der Waals surface area contributed by atoms with Gasteiger partial charge in [0.15, 0.2) is 5.78 Å². The van der Waals surface area contributed by atoms with Crippen LogP contribution < -0.4 is 10.1 Å². The zero-order chi connectivity index (χ0) is 13.5. The average Bonchev–Trinajstić information content (AvgIpc) is 2.39. The van der Waals surface area contributed by atoms with E-state index < -0.39 is 0 Å². The standard InChI is InChI=1S/C15H23NO2/c1-5-11(3)16-12(4)15(17)13-7-9-14(10-8-13)18-6-2/h7-12,16H,5-6H2,1-4H3. The number of hydrogen-bond donors (Lipinski definition) is 1. The molecule has 2 atom stereocenters. The van der Waals surface area contributed by atoms with E-state index in [0.29, 0.717) is 12.6 Å². The summed E-state index contributed by atoms with van der Waals surface area (Å²) in [6.45, 7) is 8.68. The molecule has 1 aromatic rings. The monoisotopic (exact) mass is 249 g/mol. The quantitative estimate of drug-likeness (QED) is 0.755. The van der Waals surface area contributed by atoms with Crippen LogP contribution in [0.1, 0.15) is 44.5 Å². The smallest absolute Gasteiger partial charge is 0.179 e. The zero-order valence-corrected chi connectivity index (χ0v) is 11.7. The number of hydrogen-bond acceptors (Lipinski definition) is 3. The maximum absolute atomic E-state index is 12.2. The van der Waals surface area contributed by atoms with Crippen LogP contribution in [0.5, 0.6) is 5.75 Å². The minimum atomic E-state index is -0.155. The number of benzene rings is 1. The van der Waals surface area contributed by atoms with E-state index in [0.717, 1.165) is 17.7 Å². The van der Waals surface area contributed by atoms with Crippen LogP contribution in [0, 0.1) is 0 Å². The fourth-order valence-corrected chi connectivity index (χ4v) is 1.75. The van der Waals surface area contributed by atoms with Crippen LogP contribution in [0.4, 0.5) is 0 Å². The van der Waals surface area contributed by atoms with Gasteiger partial charge in [0.25, 0.3) is 0 Å². The van der Waals surface area contributed by atoms with Gasteiger partial charge in [-0.3, -0.25) is 4.79 Å². The van der Waals surface area contributed by atoms with E-state index in [-0.39, 0.29) is 11.8 Å². The molecule has 0 heterocycles. The summed E-state index contributed by atoms with van der Waals surface area (Å²) in [5, 5.41) is 3.29. The summed E-state index contributed by atoms with van der Waals surface area (Å²) in [6.07, 6.45) is 1.01. The summed E-state index contributed by atoms with van der Waals surface area (Å²) in [6, 6.07) is 7.52. The Morgan fingerprint density at radius 3 is 2.33 bits per heavy atom. The lowest BCUT2D eigenvalue weighted by molar-refractivity contribution is 0.0945. The number of carbonyl (C=O) groups is 1. The van der Waals surface area contributed by atoms with Gasteiger partial charge < -0.3 is 10.1 Å². The number of carbonyl (C=O) groups excluding carboxylic acids is 1. The van der Waals surface area contributed by atoms with Crippen molar-refractivity contribution < 1.29 is 9.53 Å². The second kappa shape index (κ2) is 7.17. The molecule has 0 aromatic heterocycles. The van der Waals surface area contributed by atoms with Crippen molar-refractivity contribution in [2.75, 3.05) is 6.61 Å². The molecule has 0 aliphatic carbocycles. The van der Waals surface area contributed by atoms with Crippen molar-refractivity contribution >= 4 is 5.78 Å². The SMILES string of the molecule is CCOc1ccc(C(=O)C(C)NC(C)CC)cc1. The predicted octanol–water partition coefficient (Wildman–Crippen LogP) is 3.04. The first-order chi connectivity index (χ1) is 8.58. The van der Waals surface area contributed by atoms with Gasteiger partial charge in [-0.25, -0.2) is 0 Å². The Labute approximate surface area is 110 Å². The van der Waals surface area contributed by atoms with Crippen LogP contribution in [0.15, 0.2) is 24.3 Å². The minimum Gasteiger partial charge on any atom is -0.494 e. The molecule has 3 heteroatoms. The van der Waals surface area contributed by atoms with Crippen LogP contribution >= 0.6 is 0 Å². The van der Waals surface area contributed by atoms with Crippen LogP contribution in [-0.2, 0) is 0 Å². The first kappa shape index (κ1) is 14.7. The van der Waals surface area contributed by atoms with Crippen molar-refractivity contribution in [2.45, 2.75) is 46.2 Å². The van der Waals surface area contributed by atoms with E-state index in [9.17, 15) is 4.79 Å². The molecule has 0 fully saturated rings. The van der Waals surface area contributed by atoms with Crippen molar-refractivity contribution in [3.63, 3.8) is 0 Å². The summed E-state index contributed by atoms with van der Waals surface area (Å²) < 4.78 is 5.36. The Hall–Kier alpha value is -1.35. The maximum atomic E-state index is 12.2. The largest absolute Gasteiger partial charge is 0.494 e. The number of ether oxygens (including phenoxy) is 1. The molecule has 1 aromatic carbocycles. The Balaban J connectivity index is 2.65. The highest BCUT2D eigenvalue weighted by atomic mass is 16.5. The summed E-state index contributed by atoms with van der Waals surface area (Å²) >= 11 is 0. The highest BCUT2D eigenvalue weighted by Gasteiger charge is 2.16. The summed E-state index contributed by atoms with van der Waals surface area (Å²) in [7, 11) is 0. The van der Waals surface area contributed by atoms with Crippen LogP contribution in [0.3, 0.4) is 0 Å². The third-order valence-electron chi connectivity index (χ3n) is 2.99. The van der Waals surface area contributed by atoms with E-state index in [1.165, 1.54) is 0 Å². The van der Waals surface area contributed by atoms with Crippen molar-refractivity contribution in [1.29, 1.82) is 0 Å². The van der Waals surface area contributed by atoms with E-state index in [2.05, 4.69) is 19.2 Å². The first-order valence-electron chi connectivity index (χ1n) is 6.61. The fourth-order valence-electron chi connectivity index (χ4n) is 1.75. The number of rotatable bonds is 7. The van der Waals surface area contributed by atoms with Gasteiger partial charge in [-0.1, -0.05) is 6.92 Å². The van der Waals surface area contributed by atoms with Crippen molar-refractivity contribution in [2.24, 2.45) is 0 Å². The van der Waals surface area contributed by atoms with Crippen LogP contribution in [0.25, 0.3) is 0 Å². The van der Waals surface area contributed by atoms with E-state index in [4.69, 9.17) is 4.74 Å². The van der Waals surface area contributed by atoms with Gasteiger partial charge in [0.05, 0.1) is 12.6 Å². The Bertz CT molecular complexity index is 373. The van der Waals surface area contributed by atoms with Crippen molar-refractivity contribution in [1.82, 2.24) is 5.32 Å². The summed E-state index contributed by atoms with van der Waals surface area (Å²) in [4.78, 5) is 12.2.